The Labute approximate surface area is 116 Å². The van der Waals surface area contributed by atoms with E-state index in [4.69, 9.17) is 10.5 Å². The molecule has 3 rings (SSSR count). The zero-order valence-electron chi connectivity index (χ0n) is 12.1. The van der Waals surface area contributed by atoms with Gasteiger partial charge in [-0.25, -0.2) is 0 Å². The SMILES string of the molecule is Cc1cccc(C)c1C(N)C1CCOC2(CCC2)C1. The molecule has 2 N–H and O–H groups in total. The van der Waals surface area contributed by atoms with E-state index in [0.717, 1.165) is 19.4 Å². The third-order valence-electron chi connectivity index (χ3n) is 5.18. The molecule has 1 aliphatic heterocycles. The van der Waals surface area contributed by atoms with E-state index in [1.54, 1.807) is 0 Å². The van der Waals surface area contributed by atoms with Crippen molar-refractivity contribution in [3.8, 4) is 0 Å². The van der Waals surface area contributed by atoms with Gasteiger partial charge in [-0.1, -0.05) is 18.2 Å². The van der Waals surface area contributed by atoms with Crippen LogP contribution in [0.5, 0.6) is 0 Å². The Morgan fingerprint density at radius 1 is 1.26 bits per heavy atom. The molecule has 2 aliphatic rings. The number of rotatable bonds is 2. The fraction of sp³-hybridized carbons (Fsp3) is 0.647. The van der Waals surface area contributed by atoms with Gasteiger partial charge >= 0.3 is 0 Å². The number of hydrogen-bond donors (Lipinski definition) is 1. The summed E-state index contributed by atoms with van der Waals surface area (Å²) in [4.78, 5) is 0. The summed E-state index contributed by atoms with van der Waals surface area (Å²) >= 11 is 0. The predicted octanol–water partition coefficient (Wildman–Crippen LogP) is 3.65. The van der Waals surface area contributed by atoms with Crippen LogP contribution in [-0.4, -0.2) is 12.2 Å². The molecule has 104 valence electrons. The molecule has 19 heavy (non-hydrogen) atoms. The van der Waals surface area contributed by atoms with E-state index in [1.165, 1.54) is 36.0 Å². The molecule has 1 aromatic carbocycles. The van der Waals surface area contributed by atoms with Gasteiger partial charge in [-0.15, -0.1) is 0 Å². The van der Waals surface area contributed by atoms with Gasteiger partial charge in [0, 0.05) is 12.6 Å². The van der Waals surface area contributed by atoms with Crippen molar-refractivity contribution in [2.75, 3.05) is 6.61 Å². The zero-order chi connectivity index (χ0) is 13.5. The normalized spacial score (nSPS) is 27.0. The maximum Gasteiger partial charge on any atom is 0.0686 e. The van der Waals surface area contributed by atoms with Gasteiger partial charge in [0.25, 0.3) is 0 Å². The van der Waals surface area contributed by atoms with Gasteiger partial charge < -0.3 is 10.5 Å². The van der Waals surface area contributed by atoms with Crippen LogP contribution in [-0.2, 0) is 4.74 Å². The molecule has 1 saturated carbocycles. The van der Waals surface area contributed by atoms with Crippen LogP contribution in [0.25, 0.3) is 0 Å². The summed E-state index contributed by atoms with van der Waals surface area (Å²) in [6.07, 6.45) is 6.07. The Hall–Kier alpha value is -0.860. The highest BCUT2D eigenvalue weighted by Gasteiger charge is 2.44. The first-order chi connectivity index (χ1) is 9.11. The molecule has 0 aromatic heterocycles. The van der Waals surface area contributed by atoms with Crippen molar-refractivity contribution < 1.29 is 4.74 Å². The third kappa shape index (κ3) is 2.32. The second-order valence-electron chi connectivity index (χ2n) is 6.47. The molecule has 2 nitrogen and oxygen atoms in total. The standard InChI is InChI=1S/C17H25NO/c1-12-5-3-6-13(2)15(12)16(18)14-7-10-19-17(11-14)8-4-9-17/h3,5-6,14,16H,4,7-11,18H2,1-2H3. The lowest BCUT2D eigenvalue weighted by atomic mass is 9.69. The maximum atomic E-state index is 6.62. The highest BCUT2D eigenvalue weighted by atomic mass is 16.5. The summed E-state index contributed by atoms with van der Waals surface area (Å²) in [6, 6.07) is 6.65. The highest BCUT2D eigenvalue weighted by molar-refractivity contribution is 5.36. The molecule has 2 fully saturated rings. The third-order valence-corrected chi connectivity index (χ3v) is 5.18. The highest BCUT2D eigenvalue weighted by Crippen LogP contribution is 2.47. The van der Waals surface area contributed by atoms with Crippen molar-refractivity contribution in [2.24, 2.45) is 11.7 Å². The summed E-state index contributed by atoms with van der Waals surface area (Å²) < 4.78 is 6.02. The first-order valence-electron chi connectivity index (χ1n) is 7.57. The first-order valence-corrected chi connectivity index (χ1v) is 7.57. The van der Waals surface area contributed by atoms with Crippen molar-refractivity contribution >= 4 is 0 Å². The van der Waals surface area contributed by atoms with Crippen molar-refractivity contribution in [1.29, 1.82) is 0 Å². The number of nitrogens with two attached hydrogens (primary N) is 1. The van der Waals surface area contributed by atoms with Gasteiger partial charge in [0.2, 0.25) is 0 Å². The van der Waals surface area contributed by atoms with Crippen LogP contribution in [0.1, 0.15) is 54.8 Å². The zero-order valence-corrected chi connectivity index (χ0v) is 12.1. The summed E-state index contributed by atoms with van der Waals surface area (Å²) in [5.74, 6) is 0.578. The largest absolute Gasteiger partial charge is 0.375 e. The van der Waals surface area contributed by atoms with Crippen LogP contribution in [0, 0.1) is 19.8 Å². The van der Waals surface area contributed by atoms with Gasteiger partial charge in [-0.2, -0.15) is 0 Å². The molecule has 0 radical (unpaired) electrons. The van der Waals surface area contributed by atoms with Crippen molar-refractivity contribution in [1.82, 2.24) is 0 Å². The van der Waals surface area contributed by atoms with Crippen LogP contribution >= 0.6 is 0 Å². The number of hydrogen-bond acceptors (Lipinski definition) is 2. The van der Waals surface area contributed by atoms with Crippen molar-refractivity contribution in [3.05, 3.63) is 34.9 Å². The molecule has 1 aliphatic carbocycles. The van der Waals surface area contributed by atoms with E-state index in [2.05, 4.69) is 32.0 Å². The monoisotopic (exact) mass is 259 g/mol. The van der Waals surface area contributed by atoms with Gasteiger partial charge in [0.15, 0.2) is 0 Å². The Balaban J connectivity index is 1.81. The van der Waals surface area contributed by atoms with E-state index in [0.29, 0.717) is 5.92 Å². The molecular formula is C17H25NO. The van der Waals surface area contributed by atoms with E-state index < -0.39 is 0 Å². The van der Waals surface area contributed by atoms with Gasteiger partial charge in [-0.05, 0) is 68.6 Å². The molecule has 1 saturated heterocycles. The van der Waals surface area contributed by atoms with E-state index >= 15 is 0 Å². The lowest BCUT2D eigenvalue weighted by molar-refractivity contribution is -0.146. The quantitative estimate of drug-likeness (QED) is 0.880. The first kappa shape index (κ1) is 13.1. The van der Waals surface area contributed by atoms with Crippen LogP contribution < -0.4 is 5.73 Å². The molecule has 0 bridgehead atoms. The van der Waals surface area contributed by atoms with E-state index in [9.17, 15) is 0 Å². The molecule has 2 unspecified atom stereocenters. The van der Waals surface area contributed by atoms with Crippen LogP contribution in [0.15, 0.2) is 18.2 Å². The van der Waals surface area contributed by atoms with Crippen molar-refractivity contribution in [2.45, 2.75) is 57.6 Å². The van der Waals surface area contributed by atoms with Gasteiger partial charge in [0.1, 0.15) is 0 Å². The maximum absolute atomic E-state index is 6.62. The molecule has 1 aromatic rings. The second kappa shape index (κ2) is 4.92. The van der Waals surface area contributed by atoms with Crippen LogP contribution in [0.4, 0.5) is 0 Å². The fourth-order valence-corrected chi connectivity index (χ4v) is 3.88. The van der Waals surface area contributed by atoms with Crippen LogP contribution in [0.3, 0.4) is 0 Å². The smallest absolute Gasteiger partial charge is 0.0686 e. The Morgan fingerprint density at radius 3 is 2.53 bits per heavy atom. The lowest BCUT2D eigenvalue weighted by Gasteiger charge is -2.48. The fourth-order valence-electron chi connectivity index (χ4n) is 3.88. The Morgan fingerprint density at radius 2 is 1.95 bits per heavy atom. The minimum Gasteiger partial charge on any atom is -0.375 e. The molecular weight excluding hydrogens is 234 g/mol. The Kier molecular flexibility index (Phi) is 3.40. The van der Waals surface area contributed by atoms with E-state index in [1.807, 2.05) is 0 Å². The summed E-state index contributed by atoms with van der Waals surface area (Å²) in [5.41, 5.74) is 10.8. The second-order valence-corrected chi connectivity index (χ2v) is 6.47. The molecule has 2 heteroatoms. The lowest BCUT2D eigenvalue weighted by Crippen LogP contribution is -2.47. The summed E-state index contributed by atoms with van der Waals surface area (Å²) in [5, 5.41) is 0. The molecule has 2 atom stereocenters. The Bertz CT molecular complexity index is 444. The topological polar surface area (TPSA) is 35.2 Å². The summed E-state index contributed by atoms with van der Waals surface area (Å²) in [7, 11) is 0. The molecule has 0 amide bonds. The minimum absolute atomic E-state index is 0.169. The predicted molar refractivity (Wildman–Crippen MR) is 78.1 cm³/mol. The van der Waals surface area contributed by atoms with E-state index in [-0.39, 0.29) is 11.6 Å². The summed E-state index contributed by atoms with van der Waals surface area (Å²) in [6.45, 7) is 5.25. The number of aryl methyl sites for hydroxylation is 2. The molecule has 1 heterocycles. The average Bonchev–Trinajstić information content (AvgIpc) is 2.37. The van der Waals surface area contributed by atoms with Crippen LogP contribution in [0.2, 0.25) is 0 Å². The molecule has 1 spiro atoms. The number of ether oxygens (including phenoxy) is 1. The average molecular weight is 259 g/mol. The van der Waals surface area contributed by atoms with Gasteiger partial charge in [0.05, 0.1) is 5.60 Å². The van der Waals surface area contributed by atoms with Gasteiger partial charge in [-0.3, -0.25) is 0 Å². The minimum atomic E-state index is 0.169. The van der Waals surface area contributed by atoms with Crippen molar-refractivity contribution in [3.63, 3.8) is 0 Å². The number of benzene rings is 1.